The third-order valence-corrected chi connectivity index (χ3v) is 7.97. The van der Waals surface area contributed by atoms with Gasteiger partial charge in [0.25, 0.3) is 0 Å². The summed E-state index contributed by atoms with van der Waals surface area (Å²) in [5, 5.41) is 4.63. The molecule has 2 aromatic heterocycles. The molecule has 8 aromatic rings. The van der Waals surface area contributed by atoms with Gasteiger partial charge < -0.3 is 4.42 Å². The summed E-state index contributed by atoms with van der Waals surface area (Å²) in [7, 11) is 0. The summed E-state index contributed by atoms with van der Waals surface area (Å²) in [5.74, 6) is 0.795. The fourth-order valence-electron chi connectivity index (χ4n) is 6.20. The van der Waals surface area contributed by atoms with Crippen LogP contribution in [-0.4, -0.2) is 9.97 Å². The van der Waals surface area contributed by atoms with Crippen molar-refractivity contribution in [3.63, 3.8) is 0 Å². The first-order valence-corrected chi connectivity index (χ1v) is 13.4. The predicted molar refractivity (Wildman–Crippen MR) is 163 cm³/mol. The van der Waals surface area contributed by atoms with Crippen LogP contribution in [0.25, 0.3) is 66.1 Å². The molecule has 1 aliphatic rings. The van der Waals surface area contributed by atoms with Gasteiger partial charge in [0, 0.05) is 27.3 Å². The van der Waals surface area contributed by atoms with Crippen molar-refractivity contribution in [3.05, 3.63) is 127 Å². The van der Waals surface area contributed by atoms with E-state index >= 15 is 0 Å². The van der Waals surface area contributed by atoms with Crippen LogP contribution in [0, 0.1) is 0 Å². The van der Waals surface area contributed by atoms with Crippen molar-refractivity contribution in [3.8, 4) is 22.4 Å². The Morgan fingerprint density at radius 1 is 0.525 bits per heavy atom. The van der Waals surface area contributed by atoms with E-state index in [4.69, 9.17) is 14.4 Å². The Morgan fingerprint density at radius 3 is 2.15 bits per heavy atom. The molecule has 4 heteroatoms. The van der Waals surface area contributed by atoms with Crippen LogP contribution < -0.4 is 4.90 Å². The van der Waals surface area contributed by atoms with Gasteiger partial charge in [0.15, 0.2) is 5.82 Å². The summed E-state index contributed by atoms with van der Waals surface area (Å²) in [4.78, 5) is 12.8. The molecular formula is C36H21N3O. The van der Waals surface area contributed by atoms with E-state index in [1.165, 1.54) is 21.9 Å². The summed E-state index contributed by atoms with van der Waals surface area (Å²) in [6.07, 6.45) is 0. The molecule has 0 radical (unpaired) electrons. The molecule has 0 unspecified atom stereocenters. The van der Waals surface area contributed by atoms with Crippen LogP contribution in [0.3, 0.4) is 0 Å². The van der Waals surface area contributed by atoms with Gasteiger partial charge in [-0.25, -0.2) is 9.97 Å². The summed E-state index contributed by atoms with van der Waals surface area (Å²) in [5.41, 5.74) is 9.81. The zero-order valence-corrected chi connectivity index (χ0v) is 21.4. The second-order valence-electron chi connectivity index (χ2n) is 10.2. The molecule has 0 bridgehead atoms. The molecule has 0 N–H and O–H groups in total. The van der Waals surface area contributed by atoms with Gasteiger partial charge in [-0.2, -0.15) is 0 Å². The van der Waals surface area contributed by atoms with Crippen molar-refractivity contribution >= 4 is 60.9 Å². The van der Waals surface area contributed by atoms with Gasteiger partial charge in [-0.05, 0) is 53.4 Å². The minimum atomic E-state index is 0.795. The minimum absolute atomic E-state index is 0.795. The lowest BCUT2D eigenvalue weighted by atomic mass is 9.91. The molecule has 0 saturated heterocycles. The molecule has 0 saturated carbocycles. The Kier molecular flexibility index (Phi) is 4.30. The number of hydrogen-bond donors (Lipinski definition) is 0. The van der Waals surface area contributed by atoms with Gasteiger partial charge in [0.2, 0.25) is 0 Å². The van der Waals surface area contributed by atoms with Crippen molar-refractivity contribution in [1.82, 2.24) is 9.97 Å². The third kappa shape index (κ3) is 2.96. The summed E-state index contributed by atoms with van der Waals surface area (Å²) < 4.78 is 6.28. The molecule has 186 valence electrons. The topological polar surface area (TPSA) is 42.2 Å². The number of rotatable bonds is 2. The van der Waals surface area contributed by atoms with Crippen molar-refractivity contribution in [2.75, 3.05) is 4.90 Å². The average molecular weight is 512 g/mol. The number of benzene rings is 6. The van der Waals surface area contributed by atoms with E-state index in [-0.39, 0.29) is 0 Å². The van der Waals surface area contributed by atoms with Crippen LogP contribution in [0.4, 0.5) is 17.2 Å². The zero-order valence-electron chi connectivity index (χ0n) is 21.4. The van der Waals surface area contributed by atoms with Crippen molar-refractivity contribution < 1.29 is 4.42 Å². The Balaban J connectivity index is 1.38. The fraction of sp³-hybridized carbons (Fsp3) is 0. The smallest absolute Gasteiger partial charge is 0.165 e. The largest absolute Gasteiger partial charge is 0.456 e. The van der Waals surface area contributed by atoms with E-state index in [0.717, 1.165) is 61.4 Å². The predicted octanol–water partition coefficient (Wildman–Crippen LogP) is 9.80. The van der Waals surface area contributed by atoms with E-state index in [0.29, 0.717) is 0 Å². The van der Waals surface area contributed by atoms with Crippen LogP contribution in [0.5, 0.6) is 0 Å². The Labute approximate surface area is 229 Å². The fourth-order valence-corrected chi connectivity index (χ4v) is 6.20. The first-order valence-electron chi connectivity index (χ1n) is 13.4. The van der Waals surface area contributed by atoms with Crippen molar-refractivity contribution in [2.24, 2.45) is 0 Å². The van der Waals surface area contributed by atoms with E-state index in [1.54, 1.807) is 0 Å². The average Bonchev–Trinajstić information content (AvgIpc) is 3.39. The molecule has 0 atom stereocenters. The van der Waals surface area contributed by atoms with Crippen LogP contribution in [-0.2, 0) is 0 Å². The van der Waals surface area contributed by atoms with E-state index in [2.05, 4.69) is 89.8 Å². The summed E-state index contributed by atoms with van der Waals surface area (Å²) in [6.45, 7) is 0. The maximum Gasteiger partial charge on any atom is 0.165 e. The molecule has 1 aliphatic heterocycles. The standard InChI is InChI=1S/C36H21N3O/c1-5-16-30-24(11-1)27-13-7-9-22-10-8-17-31(34(22)27)39(30)36-35(37-28-14-3-4-15-29(28)38-36)23-19-20-26-25-12-2-6-18-32(25)40-33(26)21-23/h1-21H. The summed E-state index contributed by atoms with van der Waals surface area (Å²) >= 11 is 0. The molecule has 9 rings (SSSR count). The molecule has 0 amide bonds. The van der Waals surface area contributed by atoms with Crippen molar-refractivity contribution in [1.29, 1.82) is 0 Å². The molecule has 4 nitrogen and oxygen atoms in total. The first kappa shape index (κ1) is 21.5. The van der Waals surface area contributed by atoms with Crippen molar-refractivity contribution in [2.45, 2.75) is 0 Å². The second-order valence-corrected chi connectivity index (χ2v) is 10.2. The quantitative estimate of drug-likeness (QED) is 0.232. The Morgan fingerprint density at radius 2 is 1.23 bits per heavy atom. The lowest BCUT2D eigenvalue weighted by Gasteiger charge is -2.33. The number of aromatic nitrogens is 2. The van der Waals surface area contributed by atoms with Gasteiger partial charge in [0.05, 0.1) is 22.4 Å². The molecule has 0 spiro atoms. The Hall–Kier alpha value is -5.48. The van der Waals surface area contributed by atoms with Gasteiger partial charge >= 0.3 is 0 Å². The number of furan rings is 1. The highest BCUT2D eigenvalue weighted by atomic mass is 16.3. The molecule has 3 heterocycles. The monoisotopic (exact) mass is 511 g/mol. The summed E-state index contributed by atoms with van der Waals surface area (Å²) in [6, 6.07) is 44.2. The molecular weight excluding hydrogens is 490 g/mol. The van der Waals surface area contributed by atoms with Crippen LogP contribution in [0.2, 0.25) is 0 Å². The number of fused-ring (bicyclic) bond motifs is 6. The van der Waals surface area contributed by atoms with E-state index in [9.17, 15) is 0 Å². The highest BCUT2D eigenvalue weighted by Gasteiger charge is 2.29. The third-order valence-electron chi connectivity index (χ3n) is 7.97. The van der Waals surface area contributed by atoms with E-state index < -0.39 is 0 Å². The molecule has 6 aromatic carbocycles. The Bertz CT molecular complexity index is 2290. The van der Waals surface area contributed by atoms with Gasteiger partial charge in [-0.3, -0.25) is 4.90 Å². The second kappa shape index (κ2) is 8.01. The van der Waals surface area contributed by atoms with Crippen LogP contribution >= 0.6 is 0 Å². The van der Waals surface area contributed by atoms with Crippen LogP contribution in [0.15, 0.2) is 132 Å². The normalized spacial score (nSPS) is 12.4. The highest BCUT2D eigenvalue weighted by Crippen LogP contribution is 2.52. The number of hydrogen-bond acceptors (Lipinski definition) is 4. The van der Waals surface area contributed by atoms with E-state index in [1.807, 2.05) is 42.5 Å². The van der Waals surface area contributed by atoms with Gasteiger partial charge in [0.1, 0.15) is 16.9 Å². The maximum absolute atomic E-state index is 6.28. The van der Waals surface area contributed by atoms with Crippen LogP contribution in [0.1, 0.15) is 0 Å². The molecule has 40 heavy (non-hydrogen) atoms. The minimum Gasteiger partial charge on any atom is -0.456 e. The number of para-hydroxylation sites is 4. The molecule has 0 aliphatic carbocycles. The SMILES string of the molecule is c1ccc2c(c1)-c1cccc3cccc(c13)N2c1nc2ccccc2nc1-c1ccc2c(c1)oc1ccccc12. The zero-order chi connectivity index (χ0) is 26.2. The first-order chi connectivity index (χ1) is 19.8. The van der Waals surface area contributed by atoms with Gasteiger partial charge in [-0.1, -0.05) is 84.9 Å². The number of anilines is 3. The van der Waals surface area contributed by atoms with Gasteiger partial charge in [-0.15, -0.1) is 0 Å². The maximum atomic E-state index is 6.28. The number of nitrogens with zero attached hydrogens (tertiary/aromatic N) is 3. The lowest BCUT2D eigenvalue weighted by Crippen LogP contribution is -2.17. The lowest BCUT2D eigenvalue weighted by molar-refractivity contribution is 0.669. The molecule has 0 fully saturated rings. The highest BCUT2D eigenvalue weighted by molar-refractivity contribution is 6.14.